The maximum Gasteiger partial charge on any atom is 0.533 e. The van der Waals surface area contributed by atoms with Gasteiger partial charge in [0.25, 0.3) is 0 Å². The van der Waals surface area contributed by atoms with E-state index in [1.165, 1.54) is 0 Å². The van der Waals surface area contributed by atoms with E-state index in [1.807, 2.05) is 0 Å². The molecule has 0 amide bonds. The molecule has 0 saturated carbocycles. The van der Waals surface area contributed by atoms with Gasteiger partial charge < -0.3 is 0 Å². The van der Waals surface area contributed by atoms with E-state index in [-0.39, 0.29) is 0 Å². The number of nitrogens with zero attached hydrogens (tertiary/aromatic N) is 1. The van der Waals surface area contributed by atoms with Crippen molar-refractivity contribution >= 4 is 11.6 Å². The zero-order chi connectivity index (χ0) is 8.58. The van der Waals surface area contributed by atoms with Crippen LogP contribution >= 0.6 is 11.6 Å². The van der Waals surface area contributed by atoms with Crippen molar-refractivity contribution in [3.63, 3.8) is 0 Å². The third-order valence-electron chi connectivity index (χ3n) is 0.570. The normalized spacial score (nSPS) is 18.1. The van der Waals surface area contributed by atoms with Gasteiger partial charge in [0.05, 0.1) is 4.92 Å². The van der Waals surface area contributed by atoms with E-state index in [2.05, 4.69) is 11.6 Å². The third kappa shape index (κ3) is 1.47. The van der Waals surface area contributed by atoms with E-state index in [0.717, 1.165) is 0 Å². The molecule has 0 aromatic heterocycles. The fourth-order valence-corrected chi connectivity index (χ4v) is 0.104. The van der Waals surface area contributed by atoms with Gasteiger partial charge in [-0.05, 0) is 0 Å². The molecule has 0 aromatic rings. The van der Waals surface area contributed by atoms with E-state index in [9.17, 15) is 27.7 Å². The molecule has 0 aliphatic carbocycles. The van der Waals surface area contributed by atoms with E-state index in [0.29, 0.717) is 0 Å². The summed E-state index contributed by atoms with van der Waals surface area (Å²) in [5.74, 6) is 0. The van der Waals surface area contributed by atoms with Crippen molar-refractivity contribution in [3.8, 4) is 0 Å². The predicted molar refractivity (Wildman–Crippen MR) is 22.7 cm³/mol. The second-order valence-electron chi connectivity index (χ2n) is 1.30. The Hall–Kier alpha value is -0.590. The van der Waals surface area contributed by atoms with Crippen molar-refractivity contribution in [2.45, 2.75) is 11.4 Å². The first-order chi connectivity index (χ1) is 4.19. The van der Waals surface area contributed by atoms with E-state index in [1.54, 1.807) is 0 Å². The second kappa shape index (κ2) is 2.22. The summed E-state index contributed by atoms with van der Waals surface area (Å²) >= 11 is 3.86. The molecular formula is C2ClF4NO2. The van der Waals surface area contributed by atoms with Crippen LogP contribution in [0.5, 0.6) is 0 Å². The number of halogens is 5. The van der Waals surface area contributed by atoms with Crippen molar-refractivity contribution < 1.29 is 22.5 Å². The molecule has 0 fully saturated rings. The Labute approximate surface area is 56.7 Å². The molecule has 10 heavy (non-hydrogen) atoms. The zero-order valence-corrected chi connectivity index (χ0v) is 4.91. The fraction of sp³-hybridized carbons (Fsp3) is 1.00. The van der Waals surface area contributed by atoms with E-state index in [4.69, 9.17) is 0 Å². The molecule has 0 radical (unpaired) electrons. The lowest BCUT2D eigenvalue weighted by Crippen LogP contribution is -2.42. The Kier molecular flexibility index (Phi) is 2.09. The quantitative estimate of drug-likeness (QED) is 0.203. The molecule has 8 heteroatoms. The Bertz CT molecular complexity index is 154. The van der Waals surface area contributed by atoms with Crippen LogP contribution in [0.25, 0.3) is 0 Å². The average molecular weight is 181 g/mol. The average Bonchev–Trinajstić information content (AvgIpc) is 1.62. The summed E-state index contributed by atoms with van der Waals surface area (Å²) in [6.07, 6.45) is -5.68. The number of hydrogen-bond acceptors (Lipinski definition) is 2. The topological polar surface area (TPSA) is 43.1 Å². The number of alkyl halides is 5. The zero-order valence-electron chi connectivity index (χ0n) is 4.15. The van der Waals surface area contributed by atoms with Gasteiger partial charge in [0.2, 0.25) is 0 Å². The third-order valence-corrected chi connectivity index (χ3v) is 0.923. The minimum atomic E-state index is -5.68. The Morgan fingerprint density at radius 1 is 1.30 bits per heavy atom. The van der Waals surface area contributed by atoms with Gasteiger partial charge >= 0.3 is 11.4 Å². The van der Waals surface area contributed by atoms with Gasteiger partial charge in [-0.3, -0.25) is 10.1 Å². The number of nitro groups is 1. The highest BCUT2D eigenvalue weighted by atomic mass is 35.5. The molecule has 0 N–H and O–H groups in total. The summed E-state index contributed by atoms with van der Waals surface area (Å²) in [6.45, 7) is 0. The Balaban J connectivity index is 4.57. The Morgan fingerprint density at radius 2 is 1.60 bits per heavy atom. The van der Waals surface area contributed by atoms with Crippen LogP contribution in [0.15, 0.2) is 0 Å². The van der Waals surface area contributed by atoms with Crippen LogP contribution in [0.3, 0.4) is 0 Å². The first-order valence-corrected chi connectivity index (χ1v) is 2.16. The molecule has 1 unspecified atom stereocenters. The summed E-state index contributed by atoms with van der Waals surface area (Å²) in [6, 6.07) is 0. The summed E-state index contributed by atoms with van der Waals surface area (Å²) in [5.41, 5.74) is 0. The van der Waals surface area contributed by atoms with Crippen molar-refractivity contribution in [3.05, 3.63) is 10.1 Å². The lowest BCUT2D eigenvalue weighted by atomic mass is 10.6. The van der Waals surface area contributed by atoms with E-state index < -0.39 is 16.4 Å². The standard InChI is InChI=1S/C2ClF4NO2/c3-1(4,8(9)10)2(5,6)7. The van der Waals surface area contributed by atoms with Gasteiger partial charge in [-0.1, -0.05) is 0 Å². The van der Waals surface area contributed by atoms with Crippen LogP contribution < -0.4 is 0 Å². The molecule has 1 atom stereocenters. The maximum atomic E-state index is 11.7. The summed E-state index contributed by atoms with van der Waals surface area (Å²) < 4.78 is 45.1. The molecule has 0 aromatic carbocycles. The van der Waals surface area contributed by atoms with Crippen LogP contribution in [0.1, 0.15) is 0 Å². The molecule has 0 aliphatic heterocycles. The molecule has 0 saturated heterocycles. The molecule has 0 spiro atoms. The van der Waals surface area contributed by atoms with E-state index >= 15 is 0 Å². The van der Waals surface area contributed by atoms with Crippen LogP contribution in [0.2, 0.25) is 0 Å². The van der Waals surface area contributed by atoms with Crippen LogP contribution in [0, 0.1) is 10.1 Å². The molecular weight excluding hydrogens is 181 g/mol. The minimum absolute atomic E-state index is 2.26. The smallest absolute Gasteiger partial charge is 0.260 e. The summed E-state index contributed by atoms with van der Waals surface area (Å²) in [5, 5.41) is 4.38. The molecule has 0 bridgehead atoms. The Morgan fingerprint density at radius 3 is 1.60 bits per heavy atom. The lowest BCUT2D eigenvalue weighted by Gasteiger charge is -2.10. The van der Waals surface area contributed by atoms with Crippen LogP contribution in [-0.2, 0) is 0 Å². The monoisotopic (exact) mass is 181 g/mol. The van der Waals surface area contributed by atoms with Gasteiger partial charge in [0, 0.05) is 11.6 Å². The van der Waals surface area contributed by atoms with Crippen molar-refractivity contribution in [2.24, 2.45) is 0 Å². The molecule has 0 heterocycles. The number of rotatable bonds is 1. The lowest BCUT2D eigenvalue weighted by molar-refractivity contribution is -0.617. The van der Waals surface area contributed by atoms with Crippen LogP contribution in [0.4, 0.5) is 17.6 Å². The van der Waals surface area contributed by atoms with Gasteiger partial charge in [-0.25, -0.2) is 0 Å². The fourth-order valence-electron chi connectivity index (χ4n) is 0.104. The minimum Gasteiger partial charge on any atom is -0.260 e. The first-order valence-electron chi connectivity index (χ1n) is 1.78. The maximum absolute atomic E-state index is 11.7. The van der Waals surface area contributed by atoms with Gasteiger partial charge in [0.1, 0.15) is 0 Å². The van der Waals surface area contributed by atoms with Gasteiger partial charge in [0.15, 0.2) is 0 Å². The SMILES string of the molecule is O=[N+]([O-])C(F)(Cl)C(F)(F)F. The van der Waals surface area contributed by atoms with Crippen molar-refractivity contribution in [2.75, 3.05) is 0 Å². The molecule has 60 valence electrons. The first kappa shape index (κ1) is 9.41. The number of hydrogen-bond donors (Lipinski definition) is 0. The van der Waals surface area contributed by atoms with Crippen LogP contribution in [-0.4, -0.2) is 16.4 Å². The summed E-state index contributed by atoms with van der Waals surface area (Å²) in [4.78, 5) is 6.99. The predicted octanol–water partition coefficient (Wildman–Crippen LogP) is 1.69. The molecule has 0 rings (SSSR count). The molecule has 0 aliphatic rings. The van der Waals surface area contributed by atoms with Crippen molar-refractivity contribution in [1.29, 1.82) is 0 Å². The largest absolute Gasteiger partial charge is 0.533 e. The summed E-state index contributed by atoms with van der Waals surface area (Å²) in [7, 11) is 0. The highest BCUT2D eigenvalue weighted by Gasteiger charge is 2.67. The van der Waals surface area contributed by atoms with Gasteiger partial charge in [-0.15, -0.1) is 4.39 Å². The highest BCUT2D eigenvalue weighted by molar-refractivity contribution is 6.22. The van der Waals surface area contributed by atoms with Gasteiger partial charge in [-0.2, -0.15) is 13.2 Å². The second-order valence-corrected chi connectivity index (χ2v) is 1.80. The molecule has 3 nitrogen and oxygen atoms in total. The highest BCUT2D eigenvalue weighted by Crippen LogP contribution is 2.37. The van der Waals surface area contributed by atoms with Crippen molar-refractivity contribution in [1.82, 2.24) is 0 Å².